The van der Waals surface area contributed by atoms with Crippen molar-refractivity contribution in [2.75, 3.05) is 5.32 Å². The van der Waals surface area contributed by atoms with Crippen LogP contribution in [-0.2, 0) is 21.4 Å². The van der Waals surface area contributed by atoms with E-state index < -0.39 is 10.0 Å². The molecule has 0 unspecified atom stereocenters. The molecule has 0 aliphatic heterocycles. The second kappa shape index (κ2) is 8.93. The van der Waals surface area contributed by atoms with Crippen LogP contribution in [0, 0.1) is 12.8 Å². The molecule has 1 amide bonds. The van der Waals surface area contributed by atoms with E-state index in [1.165, 1.54) is 36.6 Å². The minimum atomic E-state index is -4.07. The van der Waals surface area contributed by atoms with Gasteiger partial charge in [-0.05, 0) is 61.9 Å². The molecule has 4 aromatic rings. The number of sulfonamides is 1. The van der Waals surface area contributed by atoms with E-state index in [9.17, 15) is 13.2 Å². The number of nitrogens with one attached hydrogen (secondary N) is 1. The molecule has 6 rings (SSSR count). The Labute approximate surface area is 214 Å². The molecule has 11 heteroatoms. The van der Waals surface area contributed by atoms with Crippen molar-refractivity contribution in [2.24, 2.45) is 11.1 Å². The normalized spacial score (nSPS) is 19.1. The summed E-state index contributed by atoms with van der Waals surface area (Å²) in [6, 6.07) is 10.2. The highest BCUT2D eigenvalue weighted by molar-refractivity contribution is 7.89. The number of fused-ring (bicyclic) bond motifs is 1. The largest absolute Gasteiger partial charge is 0.487 e. The molecule has 37 heavy (non-hydrogen) atoms. The highest BCUT2D eigenvalue weighted by Crippen LogP contribution is 2.47. The molecule has 2 aliphatic carbocycles. The third-order valence-electron chi connectivity index (χ3n) is 6.75. The molecule has 2 fully saturated rings. The molecule has 3 heterocycles. The fraction of sp³-hybridized carbons (Fsp3) is 0.308. The number of nitrogens with two attached hydrogens (primary N) is 1. The predicted molar refractivity (Wildman–Crippen MR) is 136 cm³/mol. The van der Waals surface area contributed by atoms with Crippen molar-refractivity contribution >= 4 is 27.3 Å². The zero-order valence-electron chi connectivity index (χ0n) is 20.2. The van der Waals surface area contributed by atoms with Crippen LogP contribution in [0.2, 0.25) is 0 Å². The first kappa shape index (κ1) is 23.6. The average Bonchev–Trinajstić information content (AvgIpc) is 3.78. The van der Waals surface area contributed by atoms with Crippen LogP contribution in [0.3, 0.4) is 0 Å². The minimum absolute atomic E-state index is 0.0740. The first-order valence-corrected chi connectivity index (χ1v) is 13.7. The van der Waals surface area contributed by atoms with Gasteiger partial charge >= 0.3 is 0 Å². The van der Waals surface area contributed by atoms with Crippen molar-refractivity contribution in [1.82, 2.24) is 19.4 Å². The number of primary sulfonamides is 1. The van der Waals surface area contributed by atoms with Gasteiger partial charge in [-0.1, -0.05) is 6.07 Å². The molecule has 0 bridgehead atoms. The summed E-state index contributed by atoms with van der Waals surface area (Å²) in [5.41, 5.74) is 3.77. The van der Waals surface area contributed by atoms with Crippen molar-refractivity contribution in [3.63, 3.8) is 0 Å². The first-order chi connectivity index (χ1) is 17.7. The third-order valence-corrected chi connectivity index (χ3v) is 7.72. The summed E-state index contributed by atoms with van der Waals surface area (Å²) in [5.74, 6) is 0.871. The summed E-state index contributed by atoms with van der Waals surface area (Å²) in [4.78, 5) is 26.0. The van der Waals surface area contributed by atoms with Gasteiger partial charge in [-0.15, -0.1) is 0 Å². The maximum absolute atomic E-state index is 12.9. The van der Waals surface area contributed by atoms with E-state index in [0.29, 0.717) is 23.9 Å². The summed E-state index contributed by atoms with van der Waals surface area (Å²) in [7, 11) is -4.07. The van der Waals surface area contributed by atoms with Crippen molar-refractivity contribution in [3.05, 3.63) is 77.8 Å². The maximum atomic E-state index is 12.9. The smallest absolute Gasteiger partial charge is 0.240 e. The molecule has 2 atom stereocenters. The molecule has 190 valence electrons. The maximum Gasteiger partial charge on any atom is 0.240 e. The lowest BCUT2D eigenvalue weighted by Gasteiger charge is -2.12. The summed E-state index contributed by atoms with van der Waals surface area (Å²) < 4.78 is 32.2. The van der Waals surface area contributed by atoms with Crippen molar-refractivity contribution in [3.8, 4) is 5.75 Å². The molecule has 0 radical (unpaired) electrons. The van der Waals surface area contributed by atoms with Gasteiger partial charge < -0.3 is 14.5 Å². The number of hydrogen-bond donors (Lipinski definition) is 2. The lowest BCUT2D eigenvalue weighted by molar-refractivity contribution is -0.117. The fourth-order valence-corrected chi connectivity index (χ4v) is 5.21. The van der Waals surface area contributed by atoms with Crippen LogP contribution in [-0.4, -0.2) is 33.7 Å². The van der Waals surface area contributed by atoms with Crippen molar-refractivity contribution in [2.45, 2.75) is 49.5 Å². The van der Waals surface area contributed by atoms with Gasteiger partial charge in [0.1, 0.15) is 28.7 Å². The minimum Gasteiger partial charge on any atom is -0.487 e. The number of nitrogens with zero attached hydrogens (tertiary/aromatic N) is 4. The lowest BCUT2D eigenvalue weighted by atomic mass is 10.2. The first-order valence-electron chi connectivity index (χ1n) is 12.1. The van der Waals surface area contributed by atoms with Crippen LogP contribution < -0.4 is 15.2 Å². The van der Waals surface area contributed by atoms with Crippen LogP contribution in [0.15, 0.2) is 59.9 Å². The number of ether oxygens (including phenoxy) is 1. The molecule has 2 saturated carbocycles. The molecule has 0 spiro atoms. The Bertz CT molecular complexity index is 1630. The Morgan fingerprint density at radius 3 is 2.76 bits per heavy atom. The number of carbonyl (C=O) groups is 1. The summed E-state index contributed by atoms with van der Waals surface area (Å²) in [5, 5.41) is 8.13. The predicted octanol–water partition coefficient (Wildman–Crippen LogP) is 3.28. The number of hydrogen-bond acceptors (Lipinski definition) is 7. The Hall–Kier alpha value is -3.83. The quantitative estimate of drug-likeness (QED) is 0.365. The number of anilines is 1. The third kappa shape index (κ3) is 5.05. The van der Waals surface area contributed by atoms with Gasteiger partial charge in [0.15, 0.2) is 0 Å². The zero-order valence-corrected chi connectivity index (χ0v) is 21.0. The van der Waals surface area contributed by atoms with Gasteiger partial charge in [0.05, 0.1) is 11.4 Å². The van der Waals surface area contributed by atoms with Gasteiger partial charge in [-0.3, -0.25) is 4.79 Å². The van der Waals surface area contributed by atoms with E-state index >= 15 is 0 Å². The van der Waals surface area contributed by atoms with E-state index in [4.69, 9.17) is 9.88 Å². The summed E-state index contributed by atoms with van der Waals surface area (Å²) in [6.07, 6.45) is 8.73. The van der Waals surface area contributed by atoms with Gasteiger partial charge in [-0.25, -0.2) is 28.5 Å². The van der Waals surface area contributed by atoms with Gasteiger partial charge in [-0.2, -0.15) is 0 Å². The van der Waals surface area contributed by atoms with E-state index in [1.807, 2.05) is 23.6 Å². The van der Waals surface area contributed by atoms with E-state index in [2.05, 4.69) is 32.5 Å². The molecular formula is C26H26N6O4S. The molecule has 3 aromatic heterocycles. The number of pyridine rings is 1. The van der Waals surface area contributed by atoms with Crippen LogP contribution in [0.5, 0.6) is 5.75 Å². The van der Waals surface area contributed by atoms with Crippen molar-refractivity contribution in [1.29, 1.82) is 0 Å². The summed E-state index contributed by atoms with van der Waals surface area (Å²) >= 11 is 0. The molecule has 2 aliphatic rings. The van der Waals surface area contributed by atoms with Crippen LogP contribution in [0.25, 0.3) is 5.65 Å². The zero-order chi connectivity index (χ0) is 25.7. The summed E-state index contributed by atoms with van der Waals surface area (Å²) in [6.45, 7) is 2.04. The van der Waals surface area contributed by atoms with Crippen LogP contribution >= 0.6 is 0 Å². The Kier molecular flexibility index (Phi) is 5.68. The average molecular weight is 519 g/mol. The van der Waals surface area contributed by atoms with Crippen molar-refractivity contribution < 1.29 is 17.9 Å². The number of imidazole rings is 1. The lowest BCUT2D eigenvalue weighted by Crippen LogP contribution is -2.20. The van der Waals surface area contributed by atoms with Gasteiger partial charge in [0.25, 0.3) is 0 Å². The number of benzene rings is 1. The monoisotopic (exact) mass is 518 g/mol. The molecule has 3 N–H and O–H groups in total. The molecular weight excluding hydrogens is 492 g/mol. The SMILES string of the molecule is Cc1ccnc([C@H]2C[C@@H]2C(=O)Nc2cc(OCc3cn4cc(C5CC5)ccc4n3)ccc2S(N)(=O)=O)n1. The second-order valence-electron chi connectivity index (χ2n) is 9.72. The topological polar surface area (TPSA) is 142 Å². The molecule has 0 saturated heterocycles. The van der Waals surface area contributed by atoms with E-state index in [1.54, 1.807) is 12.3 Å². The number of amides is 1. The number of aromatic nitrogens is 4. The Morgan fingerprint density at radius 2 is 2.00 bits per heavy atom. The molecule has 10 nitrogen and oxygen atoms in total. The van der Waals surface area contributed by atoms with Crippen LogP contribution in [0.1, 0.15) is 53.9 Å². The highest BCUT2D eigenvalue weighted by Gasteiger charge is 2.46. The highest BCUT2D eigenvalue weighted by atomic mass is 32.2. The molecule has 1 aromatic carbocycles. The number of aryl methyl sites for hydroxylation is 1. The standard InChI is InChI=1S/C26H26N6O4S/c1-15-8-9-28-25(29-15)20-11-21(20)26(33)31-22-10-19(5-6-23(22)37(27,34)35)36-14-18-13-32-12-17(16-2-3-16)4-7-24(32)30-18/h4-10,12-13,16,20-21H,2-3,11,14H2,1H3,(H,31,33)(H2,27,34,35)/t20-,21-/m0/s1. The number of carbonyl (C=O) groups excluding carboxylic acids is 1. The Morgan fingerprint density at radius 1 is 1.16 bits per heavy atom. The second-order valence-corrected chi connectivity index (χ2v) is 11.3. The van der Waals surface area contributed by atoms with E-state index in [0.717, 1.165) is 17.0 Å². The van der Waals surface area contributed by atoms with Gasteiger partial charge in [0.2, 0.25) is 15.9 Å². The number of rotatable bonds is 8. The fourth-order valence-electron chi connectivity index (χ4n) is 4.53. The Balaban J connectivity index is 1.18. The van der Waals surface area contributed by atoms with Crippen LogP contribution in [0.4, 0.5) is 5.69 Å². The van der Waals surface area contributed by atoms with Gasteiger partial charge in [0, 0.05) is 42.2 Å². The van der Waals surface area contributed by atoms with E-state index in [-0.39, 0.29) is 34.9 Å².